The van der Waals surface area contributed by atoms with Crippen LogP contribution in [0.25, 0.3) is 0 Å². The fourth-order valence-electron chi connectivity index (χ4n) is 4.94. The van der Waals surface area contributed by atoms with Gasteiger partial charge in [0.15, 0.2) is 0 Å². The molecular formula is C16H18O5. The number of fused-ring (bicyclic) bond motifs is 2. The Morgan fingerprint density at radius 2 is 1.90 bits per heavy atom. The molecule has 0 aromatic carbocycles. The number of aliphatic hydroxyl groups excluding tert-OH is 1. The molecule has 1 saturated carbocycles. The van der Waals surface area contributed by atoms with Crippen LogP contribution in [0, 0.1) is 16.7 Å². The van der Waals surface area contributed by atoms with E-state index in [2.05, 4.69) is 6.92 Å². The maximum absolute atomic E-state index is 12.3. The normalized spacial score (nSPS) is 47.7. The maximum atomic E-state index is 12.3. The minimum Gasteiger partial charge on any atom is -0.457 e. The van der Waals surface area contributed by atoms with Crippen LogP contribution in [0.2, 0.25) is 0 Å². The van der Waals surface area contributed by atoms with E-state index in [1.807, 2.05) is 6.92 Å². The van der Waals surface area contributed by atoms with Gasteiger partial charge in [-0.25, -0.2) is 4.79 Å². The molecule has 0 amide bonds. The number of rotatable bonds is 0. The zero-order valence-corrected chi connectivity index (χ0v) is 12.1. The Hall–Kier alpha value is -1.62. The number of hydrogen-bond donors (Lipinski definition) is 1. The van der Waals surface area contributed by atoms with Gasteiger partial charge in [-0.3, -0.25) is 4.79 Å². The van der Waals surface area contributed by atoms with E-state index in [0.717, 1.165) is 24.8 Å². The highest BCUT2D eigenvalue weighted by molar-refractivity contribution is 5.87. The zero-order valence-electron chi connectivity index (χ0n) is 12.1. The molecule has 1 N–H and O–H groups in total. The van der Waals surface area contributed by atoms with Crippen LogP contribution in [0.15, 0.2) is 23.3 Å². The first-order chi connectivity index (χ1) is 9.86. The SMILES string of the molecule is C[C@]12CCC[C@@]3(C)C4=CC(=O)O[C@H](O)C4=C[C@H](OC1=O)[C@H]23. The van der Waals surface area contributed by atoms with Crippen molar-refractivity contribution in [3.63, 3.8) is 0 Å². The average Bonchev–Trinajstić information content (AvgIpc) is 2.65. The molecular weight excluding hydrogens is 272 g/mol. The maximum Gasteiger partial charge on any atom is 0.333 e. The molecule has 5 heteroatoms. The van der Waals surface area contributed by atoms with Crippen molar-refractivity contribution in [1.82, 2.24) is 0 Å². The summed E-state index contributed by atoms with van der Waals surface area (Å²) in [6.45, 7) is 4.04. The van der Waals surface area contributed by atoms with E-state index in [9.17, 15) is 14.7 Å². The monoisotopic (exact) mass is 290 g/mol. The van der Waals surface area contributed by atoms with Crippen molar-refractivity contribution in [2.45, 2.75) is 45.5 Å². The summed E-state index contributed by atoms with van der Waals surface area (Å²) >= 11 is 0. The number of carbonyl (C=O) groups is 2. The summed E-state index contributed by atoms with van der Waals surface area (Å²) in [6, 6.07) is 0. The molecule has 112 valence electrons. The van der Waals surface area contributed by atoms with Crippen LogP contribution in [-0.4, -0.2) is 29.4 Å². The lowest BCUT2D eigenvalue weighted by molar-refractivity contribution is -0.158. The standard InChI is InChI=1S/C16H18O5/c1-15-4-3-5-16(2)12(15)10(20-14(16)19)6-8-9(15)7-11(17)21-13(8)18/h6-7,10,12-13,18H,3-5H2,1-2H3/t10-,12-,13-,15-,16+/m0/s1. The molecule has 2 fully saturated rings. The molecule has 0 aromatic heterocycles. The van der Waals surface area contributed by atoms with E-state index in [1.54, 1.807) is 6.08 Å². The van der Waals surface area contributed by atoms with E-state index in [4.69, 9.17) is 9.47 Å². The Balaban J connectivity index is 1.94. The summed E-state index contributed by atoms with van der Waals surface area (Å²) in [5.41, 5.74) is 0.551. The third-order valence-corrected chi connectivity index (χ3v) is 5.83. The van der Waals surface area contributed by atoms with Crippen LogP contribution < -0.4 is 0 Å². The smallest absolute Gasteiger partial charge is 0.333 e. The largest absolute Gasteiger partial charge is 0.457 e. The predicted molar refractivity (Wildman–Crippen MR) is 71.7 cm³/mol. The van der Waals surface area contributed by atoms with Gasteiger partial charge < -0.3 is 14.6 Å². The van der Waals surface area contributed by atoms with Crippen molar-refractivity contribution in [3.8, 4) is 0 Å². The number of hydrogen-bond acceptors (Lipinski definition) is 5. The van der Waals surface area contributed by atoms with Gasteiger partial charge in [-0.15, -0.1) is 0 Å². The molecule has 5 nitrogen and oxygen atoms in total. The number of carbonyl (C=O) groups excluding carboxylic acids is 2. The highest BCUT2D eigenvalue weighted by Crippen LogP contribution is 2.64. The number of cyclic esters (lactones) is 1. The summed E-state index contributed by atoms with van der Waals surface area (Å²) in [7, 11) is 0. The summed E-state index contributed by atoms with van der Waals surface area (Å²) in [6.07, 6.45) is 4.23. The quantitative estimate of drug-likeness (QED) is 0.684. The summed E-state index contributed by atoms with van der Waals surface area (Å²) in [4.78, 5) is 24.0. The van der Waals surface area contributed by atoms with Crippen LogP contribution in [0.4, 0.5) is 0 Å². The Labute approximate surface area is 122 Å². The molecule has 4 rings (SSSR count). The van der Waals surface area contributed by atoms with Gasteiger partial charge in [0.1, 0.15) is 6.10 Å². The molecule has 0 spiro atoms. The zero-order chi connectivity index (χ0) is 15.0. The van der Waals surface area contributed by atoms with Crippen LogP contribution in [0.5, 0.6) is 0 Å². The molecule has 0 aromatic rings. The number of esters is 2. The Morgan fingerprint density at radius 3 is 2.67 bits per heavy atom. The minimum atomic E-state index is -1.26. The minimum absolute atomic E-state index is 0.0133. The Kier molecular flexibility index (Phi) is 2.35. The van der Waals surface area contributed by atoms with Crippen molar-refractivity contribution in [2.75, 3.05) is 0 Å². The lowest BCUT2D eigenvalue weighted by Crippen LogP contribution is -2.51. The predicted octanol–water partition coefficient (Wildman–Crippen LogP) is 1.47. The van der Waals surface area contributed by atoms with E-state index in [-0.39, 0.29) is 23.4 Å². The molecule has 2 heterocycles. The number of aliphatic hydroxyl groups is 1. The Bertz CT molecular complexity index is 618. The molecule has 1 saturated heterocycles. The first-order valence-electron chi connectivity index (χ1n) is 7.40. The highest BCUT2D eigenvalue weighted by Gasteiger charge is 2.65. The van der Waals surface area contributed by atoms with Gasteiger partial charge >= 0.3 is 11.9 Å². The summed E-state index contributed by atoms with van der Waals surface area (Å²) in [5.74, 6) is -0.674. The molecule has 2 aliphatic heterocycles. The second-order valence-corrected chi connectivity index (χ2v) is 7.01. The molecule has 2 aliphatic carbocycles. The van der Waals surface area contributed by atoms with Crippen LogP contribution in [-0.2, 0) is 19.1 Å². The van der Waals surface area contributed by atoms with Crippen molar-refractivity contribution < 1.29 is 24.2 Å². The van der Waals surface area contributed by atoms with Crippen molar-refractivity contribution in [2.24, 2.45) is 16.7 Å². The van der Waals surface area contributed by atoms with Crippen LogP contribution in [0.1, 0.15) is 33.1 Å². The molecule has 0 radical (unpaired) electrons. The molecule has 5 atom stereocenters. The first-order valence-corrected chi connectivity index (χ1v) is 7.40. The van der Waals surface area contributed by atoms with Crippen LogP contribution in [0.3, 0.4) is 0 Å². The fourth-order valence-corrected chi connectivity index (χ4v) is 4.94. The lowest BCUT2D eigenvalue weighted by Gasteiger charge is -2.52. The van der Waals surface area contributed by atoms with Gasteiger partial charge in [0.2, 0.25) is 6.29 Å². The van der Waals surface area contributed by atoms with Crippen molar-refractivity contribution >= 4 is 11.9 Å². The van der Waals surface area contributed by atoms with Crippen LogP contribution >= 0.6 is 0 Å². The van der Waals surface area contributed by atoms with Gasteiger partial charge in [-0.1, -0.05) is 13.3 Å². The topological polar surface area (TPSA) is 72.8 Å². The summed E-state index contributed by atoms with van der Waals surface area (Å²) < 4.78 is 10.4. The molecule has 21 heavy (non-hydrogen) atoms. The second kappa shape index (κ2) is 3.77. The highest BCUT2D eigenvalue weighted by atomic mass is 16.6. The van der Waals surface area contributed by atoms with Crippen molar-refractivity contribution in [3.05, 3.63) is 23.3 Å². The van der Waals surface area contributed by atoms with Gasteiger partial charge in [-0.05, 0) is 31.4 Å². The Morgan fingerprint density at radius 1 is 1.19 bits per heavy atom. The third kappa shape index (κ3) is 1.45. The van der Waals surface area contributed by atoms with Gasteiger partial charge in [0.05, 0.1) is 5.41 Å². The molecule has 0 unspecified atom stereocenters. The third-order valence-electron chi connectivity index (χ3n) is 5.83. The van der Waals surface area contributed by atoms with Gasteiger partial charge in [-0.2, -0.15) is 0 Å². The lowest BCUT2D eigenvalue weighted by atomic mass is 9.50. The summed E-state index contributed by atoms with van der Waals surface area (Å²) in [5, 5.41) is 10.0. The van der Waals surface area contributed by atoms with Gasteiger partial charge in [0, 0.05) is 23.0 Å². The first kappa shape index (κ1) is 13.1. The van der Waals surface area contributed by atoms with E-state index in [0.29, 0.717) is 5.57 Å². The van der Waals surface area contributed by atoms with E-state index < -0.39 is 17.7 Å². The fraction of sp³-hybridized carbons (Fsp3) is 0.625. The van der Waals surface area contributed by atoms with E-state index >= 15 is 0 Å². The van der Waals surface area contributed by atoms with Gasteiger partial charge in [0.25, 0.3) is 0 Å². The van der Waals surface area contributed by atoms with E-state index in [1.165, 1.54) is 6.08 Å². The van der Waals surface area contributed by atoms with Crippen molar-refractivity contribution in [1.29, 1.82) is 0 Å². The average molecular weight is 290 g/mol. The molecule has 0 bridgehead atoms. The number of ether oxygens (including phenoxy) is 2. The second-order valence-electron chi connectivity index (χ2n) is 7.01. The molecule has 4 aliphatic rings.